The standard InChI is InChI=1S/C26H30N4O3/c1-20-27-14-17-30(20)19-21-7-9-23(10-8-21)28-26(32)22-11-15-29(16-12-22)25(31)13-18-33-24-5-3-2-4-6-24/h2-10,14,17,22H,11-13,15-16,18-19H2,1H3,(H,28,32). The van der Waals surface area contributed by atoms with Gasteiger partial charge in [-0.05, 0) is 49.6 Å². The van der Waals surface area contributed by atoms with E-state index in [2.05, 4.69) is 14.9 Å². The highest BCUT2D eigenvalue weighted by Crippen LogP contribution is 2.21. The summed E-state index contributed by atoms with van der Waals surface area (Å²) in [5.41, 5.74) is 1.94. The van der Waals surface area contributed by atoms with Gasteiger partial charge in [-0.2, -0.15) is 0 Å². The van der Waals surface area contributed by atoms with Crippen molar-refractivity contribution >= 4 is 17.5 Å². The number of para-hydroxylation sites is 1. The molecule has 2 heterocycles. The summed E-state index contributed by atoms with van der Waals surface area (Å²) >= 11 is 0. The van der Waals surface area contributed by atoms with Gasteiger partial charge in [0.2, 0.25) is 11.8 Å². The minimum absolute atomic E-state index is 0.0210. The summed E-state index contributed by atoms with van der Waals surface area (Å²) in [6.07, 6.45) is 5.45. The number of carbonyl (C=O) groups excluding carboxylic acids is 2. The van der Waals surface area contributed by atoms with E-state index in [9.17, 15) is 9.59 Å². The van der Waals surface area contributed by atoms with Gasteiger partial charge in [0.15, 0.2) is 0 Å². The Hall–Kier alpha value is -3.61. The van der Waals surface area contributed by atoms with Gasteiger partial charge in [0.1, 0.15) is 11.6 Å². The predicted octanol–water partition coefficient (Wildman–Crippen LogP) is 3.89. The number of nitrogens with zero attached hydrogens (tertiary/aromatic N) is 3. The molecular formula is C26H30N4O3. The van der Waals surface area contributed by atoms with Gasteiger partial charge < -0.3 is 19.5 Å². The molecule has 0 radical (unpaired) electrons. The zero-order valence-corrected chi connectivity index (χ0v) is 18.9. The highest BCUT2D eigenvalue weighted by atomic mass is 16.5. The van der Waals surface area contributed by atoms with Gasteiger partial charge >= 0.3 is 0 Å². The van der Waals surface area contributed by atoms with Crippen LogP contribution in [0.15, 0.2) is 67.0 Å². The fraction of sp³-hybridized carbons (Fsp3) is 0.346. The van der Waals surface area contributed by atoms with Crippen LogP contribution in [-0.2, 0) is 16.1 Å². The molecule has 2 aromatic carbocycles. The molecule has 1 aliphatic heterocycles. The van der Waals surface area contributed by atoms with Crippen LogP contribution in [0.3, 0.4) is 0 Å². The third-order valence-electron chi connectivity index (χ3n) is 6.04. The maximum absolute atomic E-state index is 12.7. The first-order valence-electron chi connectivity index (χ1n) is 11.4. The molecule has 1 fully saturated rings. The molecule has 0 aliphatic carbocycles. The molecule has 33 heavy (non-hydrogen) atoms. The fourth-order valence-electron chi connectivity index (χ4n) is 4.03. The Labute approximate surface area is 194 Å². The highest BCUT2D eigenvalue weighted by Gasteiger charge is 2.27. The van der Waals surface area contributed by atoms with Crippen molar-refractivity contribution < 1.29 is 14.3 Å². The number of rotatable bonds is 8. The van der Waals surface area contributed by atoms with Crippen molar-refractivity contribution in [2.75, 3.05) is 25.0 Å². The number of aromatic nitrogens is 2. The van der Waals surface area contributed by atoms with Crippen LogP contribution in [-0.4, -0.2) is 46.0 Å². The van der Waals surface area contributed by atoms with Crippen LogP contribution in [0.5, 0.6) is 5.75 Å². The fourth-order valence-corrected chi connectivity index (χ4v) is 4.03. The number of nitrogens with one attached hydrogen (secondary N) is 1. The first kappa shape index (κ1) is 22.6. The monoisotopic (exact) mass is 446 g/mol. The minimum Gasteiger partial charge on any atom is -0.493 e. The van der Waals surface area contributed by atoms with E-state index in [1.807, 2.05) is 72.6 Å². The number of likely N-dealkylation sites (tertiary alicyclic amines) is 1. The van der Waals surface area contributed by atoms with Crippen LogP contribution < -0.4 is 10.1 Å². The number of hydrogen-bond donors (Lipinski definition) is 1. The Morgan fingerprint density at radius 2 is 1.79 bits per heavy atom. The number of hydrogen-bond acceptors (Lipinski definition) is 4. The summed E-state index contributed by atoms with van der Waals surface area (Å²) in [5, 5.41) is 3.02. The third-order valence-corrected chi connectivity index (χ3v) is 6.04. The summed E-state index contributed by atoms with van der Waals surface area (Å²) in [4.78, 5) is 31.3. The number of benzene rings is 2. The number of anilines is 1. The van der Waals surface area contributed by atoms with Gasteiger partial charge in [-0.3, -0.25) is 9.59 Å². The maximum Gasteiger partial charge on any atom is 0.227 e. The molecule has 1 aliphatic rings. The van der Waals surface area contributed by atoms with Crippen LogP contribution in [0.1, 0.15) is 30.7 Å². The zero-order chi connectivity index (χ0) is 23.0. The van der Waals surface area contributed by atoms with E-state index in [0.29, 0.717) is 39.0 Å². The molecule has 172 valence electrons. The quantitative estimate of drug-likeness (QED) is 0.570. The minimum atomic E-state index is -0.0807. The lowest BCUT2D eigenvalue weighted by molar-refractivity contribution is -0.135. The third kappa shape index (κ3) is 6.22. The molecule has 1 aromatic heterocycles. The van der Waals surface area contributed by atoms with Gasteiger partial charge in [0, 0.05) is 43.6 Å². The Balaban J connectivity index is 1.19. The highest BCUT2D eigenvalue weighted by molar-refractivity contribution is 5.92. The second-order valence-electron chi connectivity index (χ2n) is 8.36. The molecular weight excluding hydrogens is 416 g/mol. The smallest absolute Gasteiger partial charge is 0.227 e. The first-order chi connectivity index (χ1) is 16.1. The number of aryl methyl sites for hydroxylation is 1. The Kier molecular flexibility index (Phi) is 7.40. The largest absolute Gasteiger partial charge is 0.493 e. The van der Waals surface area contributed by atoms with E-state index in [1.165, 1.54) is 0 Å². The molecule has 7 nitrogen and oxygen atoms in total. The van der Waals surface area contributed by atoms with E-state index >= 15 is 0 Å². The summed E-state index contributed by atoms with van der Waals surface area (Å²) in [6.45, 7) is 4.30. The number of amides is 2. The summed E-state index contributed by atoms with van der Waals surface area (Å²) in [6, 6.07) is 17.4. The van der Waals surface area contributed by atoms with Gasteiger partial charge in [-0.25, -0.2) is 4.98 Å². The topological polar surface area (TPSA) is 76.5 Å². The molecule has 4 rings (SSSR count). The average molecular weight is 447 g/mol. The Morgan fingerprint density at radius 3 is 2.45 bits per heavy atom. The number of piperidine rings is 1. The second-order valence-corrected chi connectivity index (χ2v) is 8.36. The lowest BCUT2D eigenvalue weighted by Crippen LogP contribution is -2.41. The molecule has 0 spiro atoms. The van der Waals surface area contributed by atoms with Crippen molar-refractivity contribution in [3.05, 3.63) is 78.4 Å². The van der Waals surface area contributed by atoms with E-state index in [-0.39, 0.29) is 17.7 Å². The maximum atomic E-state index is 12.7. The van der Waals surface area contributed by atoms with Crippen LogP contribution >= 0.6 is 0 Å². The molecule has 1 N–H and O–H groups in total. The average Bonchev–Trinajstić information content (AvgIpc) is 3.25. The van der Waals surface area contributed by atoms with E-state index in [0.717, 1.165) is 29.4 Å². The molecule has 7 heteroatoms. The first-order valence-corrected chi connectivity index (χ1v) is 11.4. The summed E-state index contributed by atoms with van der Waals surface area (Å²) < 4.78 is 7.70. The van der Waals surface area contributed by atoms with Crippen molar-refractivity contribution in [3.63, 3.8) is 0 Å². The zero-order valence-electron chi connectivity index (χ0n) is 18.9. The second kappa shape index (κ2) is 10.8. The number of carbonyl (C=O) groups is 2. The van der Waals surface area contributed by atoms with Crippen molar-refractivity contribution in [1.29, 1.82) is 0 Å². The SMILES string of the molecule is Cc1nccn1Cc1ccc(NC(=O)C2CCN(C(=O)CCOc3ccccc3)CC2)cc1. The van der Waals surface area contributed by atoms with Crippen molar-refractivity contribution in [2.24, 2.45) is 5.92 Å². The van der Waals surface area contributed by atoms with E-state index in [1.54, 1.807) is 6.20 Å². The molecule has 0 unspecified atom stereocenters. The Morgan fingerprint density at radius 1 is 1.06 bits per heavy atom. The lowest BCUT2D eigenvalue weighted by atomic mass is 9.95. The van der Waals surface area contributed by atoms with Crippen molar-refractivity contribution in [2.45, 2.75) is 32.7 Å². The van der Waals surface area contributed by atoms with E-state index in [4.69, 9.17) is 4.74 Å². The van der Waals surface area contributed by atoms with Gasteiger partial charge in [-0.15, -0.1) is 0 Å². The molecule has 0 bridgehead atoms. The van der Waals surface area contributed by atoms with Crippen LogP contribution in [0, 0.1) is 12.8 Å². The number of imidazole rings is 1. The molecule has 2 amide bonds. The summed E-state index contributed by atoms with van der Waals surface area (Å²) in [7, 11) is 0. The summed E-state index contributed by atoms with van der Waals surface area (Å²) in [5.74, 6) is 1.76. The Bertz CT molecular complexity index is 1050. The molecule has 0 atom stereocenters. The van der Waals surface area contributed by atoms with Gasteiger partial charge in [-0.1, -0.05) is 30.3 Å². The lowest BCUT2D eigenvalue weighted by Gasteiger charge is -2.31. The van der Waals surface area contributed by atoms with Crippen molar-refractivity contribution in [1.82, 2.24) is 14.5 Å². The van der Waals surface area contributed by atoms with Crippen LogP contribution in [0.2, 0.25) is 0 Å². The predicted molar refractivity (Wildman–Crippen MR) is 127 cm³/mol. The van der Waals surface area contributed by atoms with Gasteiger partial charge in [0.25, 0.3) is 0 Å². The number of ether oxygens (including phenoxy) is 1. The molecule has 3 aromatic rings. The van der Waals surface area contributed by atoms with Crippen LogP contribution in [0.4, 0.5) is 5.69 Å². The van der Waals surface area contributed by atoms with Crippen LogP contribution in [0.25, 0.3) is 0 Å². The van der Waals surface area contributed by atoms with Crippen molar-refractivity contribution in [3.8, 4) is 5.75 Å². The molecule has 0 saturated carbocycles. The van der Waals surface area contributed by atoms with Gasteiger partial charge in [0.05, 0.1) is 13.0 Å². The molecule has 1 saturated heterocycles. The normalized spacial score (nSPS) is 14.2. The van der Waals surface area contributed by atoms with E-state index < -0.39 is 0 Å².